The summed E-state index contributed by atoms with van der Waals surface area (Å²) in [5.74, 6) is 1.23. The van der Waals surface area contributed by atoms with E-state index in [2.05, 4.69) is 6.92 Å². The number of unbranched alkanes of at least 4 members (excludes halogenated alkanes) is 2. The minimum Gasteiger partial charge on any atom is -0.591 e. The Kier molecular flexibility index (Phi) is 5.80. The van der Waals surface area contributed by atoms with Crippen LogP contribution in [0.25, 0.3) is 0 Å². The predicted molar refractivity (Wildman–Crippen MR) is 36.3 cm³/mol. The minimum atomic E-state index is -2.30. The molecule has 0 bridgehead atoms. The minimum absolute atomic E-state index is 0.875. The van der Waals surface area contributed by atoms with Gasteiger partial charge in [-0.05, 0) is 18.9 Å². The van der Waals surface area contributed by atoms with E-state index in [9.17, 15) is 9.46 Å². The van der Waals surface area contributed by atoms with E-state index in [1.165, 1.54) is 5.82 Å². The standard InChI is InChI=1S/C6H11O2P/c1-2-3-4-5-6-9(7)8/h5-6H,2-4H2,1H3. The summed E-state index contributed by atoms with van der Waals surface area (Å²) in [5, 5.41) is 0. The monoisotopic (exact) mass is 146 g/mol. The average Bonchev–Trinajstić information content (AvgIpc) is 1.80. The molecule has 0 aliphatic rings. The van der Waals surface area contributed by atoms with E-state index in [1.54, 1.807) is 6.08 Å². The summed E-state index contributed by atoms with van der Waals surface area (Å²) in [6, 6.07) is 0. The summed E-state index contributed by atoms with van der Waals surface area (Å²) >= 11 is 0. The van der Waals surface area contributed by atoms with Gasteiger partial charge in [-0.15, -0.1) is 0 Å². The van der Waals surface area contributed by atoms with Crippen molar-refractivity contribution >= 4 is 8.03 Å². The van der Waals surface area contributed by atoms with Crippen molar-refractivity contribution in [2.24, 2.45) is 0 Å². The topological polar surface area (TPSA) is 40.1 Å². The lowest BCUT2D eigenvalue weighted by molar-refractivity contribution is -0.161. The van der Waals surface area contributed by atoms with E-state index in [4.69, 9.17) is 0 Å². The van der Waals surface area contributed by atoms with Crippen molar-refractivity contribution in [2.75, 3.05) is 0 Å². The molecule has 2 nitrogen and oxygen atoms in total. The third kappa shape index (κ3) is 7.80. The van der Waals surface area contributed by atoms with Crippen LogP contribution < -0.4 is 4.89 Å². The van der Waals surface area contributed by atoms with Crippen molar-refractivity contribution in [3.05, 3.63) is 11.9 Å². The Balaban J connectivity index is 3.15. The van der Waals surface area contributed by atoms with Gasteiger partial charge in [-0.25, -0.2) is 0 Å². The van der Waals surface area contributed by atoms with E-state index in [-0.39, 0.29) is 0 Å². The van der Waals surface area contributed by atoms with Crippen LogP contribution in [0.5, 0.6) is 0 Å². The molecule has 52 valence electrons. The highest BCUT2D eigenvalue weighted by Gasteiger charge is 1.86. The second-order valence-electron chi connectivity index (χ2n) is 1.81. The largest absolute Gasteiger partial charge is 0.591 e. The molecule has 9 heavy (non-hydrogen) atoms. The van der Waals surface area contributed by atoms with E-state index in [0.717, 1.165) is 19.3 Å². The quantitative estimate of drug-likeness (QED) is 0.448. The van der Waals surface area contributed by atoms with Crippen LogP contribution in [0.15, 0.2) is 11.9 Å². The van der Waals surface area contributed by atoms with Gasteiger partial charge in [-0.2, -0.15) is 0 Å². The Morgan fingerprint density at radius 2 is 2.33 bits per heavy atom. The second-order valence-corrected chi connectivity index (χ2v) is 2.68. The lowest BCUT2D eigenvalue weighted by Crippen LogP contribution is -1.79. The van der Waals surface area contributed by atoms with Crippen molar-refractivity contribution in [3.8, 4) is 0 Å². The van der Waals surface area contributed by atoms with Crippen molar-refractivity contribution in [1.82, 2.24) is 0 Å². The molecular formula is C6H11O2P. The van der Waals surface area contributed by atoms with Crippen molar-refractivity contribution in [1.29, 1.82) is 0 Å². The van der Waals surface area contributed by atoms with Crippen LogP contribution in [0, 0.1) is 0 Å². The van der Waals surface area contributed by atoms with Gasteiger partial charge in [0.25, 0.3) is 0 Å². The first kappa shape index (κ1) is 8.80. The summed E-state index contributed by atoms with van der Waals surface area (Å²) in [7, 11) is -2.30. The molecule has 0 N–H and O–H groups in total. The summed E-state index contributed by atoms with van der Waals surface area (Å²) in [4.78, 5) is 9.91. The maximum atomic E-state index is 9.91. The zero-order chi connectivity index (χ0) is 7.11. The predicted octanol–water partition coefficient (Wildman–Crippen LogP) is 1.79. The molecule has 0 rings (SSSR count). The molecule has 0 aromatic rings. The lowest BCUT2D eigenvalue weighted by Gasteiger charge is -1.83. The molecule has 0 aromatic carbocycles. The van der Waals surface area contributed by atoms with Crippen molar-refractivity contribution in [2.45, 2.75) is 26.2 Å². The van der Waals surface area contributed by atoms with Gasteiger partial charge in [0.05, 0.1) is 0 Å². The van der Waals surface area contributed by atoms with Crippen LogP contribution >= 0.6 is 8.03 Å². The van der Waals surface area contributed by atoms with Crippen LogP contribution in [-0.4, -0.2) is 0 Å². The van der Waals surface area contributed by atoms with Gasteiger partial charge in [0.1, 0.15) is 5.82 Å². The lowest BCUT2D eigenvalue weighted by atomic mass is 10.2. The zero-order valence-electron chi connectivity index (χ0n) is 5.54. The molecule has 0 heterocycles. The van der Waals surface area contributed by atoms with Crippen LogP contribution in [0.3, 0.4) is 0 Å². The Morgan fingerprint density at radius 1 is 1.67 bits per heavy atom. The Bertz CT molecular complexity index is 110. The second kappa shape index (κ2) is 5.93. The molecule has 0 saturated heterocycles. The summed E-state index contributed by atoms with van der Waals surface area (Å²) in [6.45, 7) is 2.07. The molecule has 0 aromatic heterocycles. The first-order chi connectivity index (χ1) is 4.27. The summed E-state index contributed by atoms with van der Waals surface area (Å²) in [6.07, 6.45) is 4.74. The third-order valence-electron chi connectivity index (χ3n) is 0.951. The first-order valence-corrected chi connectivity index (χ1v) is 4.32. The SMILES string of the molecule is CCCCC=C[P+](=O)[O-]. The van der Waals surface area contributed by atoms with Gasteiger partial charge < -0.3 is 4.89 Å². The summed E-state index contributed by atoms with van der Waals surface area (Å²) in [5.41, 5.74) is 0. The molecule has 1 atom stereocenters. The van der Waals surface area contributed by atoms with Crippen LogP contribution in [0.4, 0.5) is 0 Å². The molecule has 0 saturated carbocycles. The maximum Gasteiger partial charge on any atom is 0.340 e. The van der Waals surface area contributed by atoms with Crippen LogP contribution in [0.1, 0.15) is 26.2 Å². The average molecular weight is 146 g/mol. The Morgan fingerprint density at radius 3 is 2.78 bits per heavy atom. The fraction of sp³-hybridized carbons (Fsp3) is 0.667. The number of rotatable bonds is 4. The zero-order valence-corrected chi connectivity index (χ0v) is 6.43. The van der Waals surface area contributed by atoms with Crippen LogP contribution in [-0.2, 0) is 4.57 Å². The van der Waals surface area contributed by atoms with Gasteiger partial charge in [-0.1, -0.05) is 17.9 Å². The fourth-order valence-electron chi connectivity index (χ4n) is 0.483. The molecule has 0 radical (unpaired) electrons. The molecule has 0 spiro atoms. The highest BCUT2D eigenvalue weighted by atomic mass is 31.1. The number of allylic oxidation sites excluding steroid dienone is 1. The molecule has 3 heteroatoms. The number of hydrogen-bond donors (Lipinski definition) is 0. The van der Waals surface area contributed by atoms with Crippen LogP contribution in [0.2, 0.25) is 0 Å². The van der Waals surface area contributed by atoms with E-state index in [1.807, 2.05) is 0 Å². The molecule has 0 aliphatic carbocycles. The Hall–Kier alpha value is -0.200. The molecule has 0 fully saturated rings. The van der Waals surface area contributed by atoms with Gasteiger partial charge in [0.15, 0.2) is 0 Å². The molecule has 0 amide bonds. The van der Waals surface area contributed by atoms with Crippen molar-refractivity contribution in [3.63, 3.8) is 0 Å². The van der Waals surface area contributed by atoms with E-state index < -0.39 is 8.03 Å². The number of hydrogen-bond acceptors (Lipinski definition) is 2. The summed E-state index contributed by atoms with van der Waals surface area (Å²) < 4.78 is 9.91. The highest BCUT2D eigenvalue weighted by molar-refractivity contribution is 7.40. The molecule has 0 aliphatic heterocycles. The van der Waals surface area contributed by atoms with Gasteiger partial charge in [0.2, 0.25) is 0 Å². The highest BCUT2D eigenvalue weighted by Crippen LogP contribution is 2.09. The fourth-order valence-corrected chi connectivity index (χ4v) is 0.804. The molecular weight excluding hydrogens is 135 g/mol. The third-order valence-corrected chi connectivity index (χ3v) is 1.41. The molecule has 1 unspecified atom stereocenters. The first-order valence-electron chi connectivity index (χ1n) is 3.07. The van der Waals surface area contributed by atoms with Gasteiger partial charge >= 0.3 is 8.03 Å². The van der Waals surface area contributed by atoms with Gasteiger partial charge in [-0.3, -0.25) is 0 Å². The smallest absolute Gasteiger partial charge is 0.340 e. The van der Waals surface area contributed by atoms with E-state index >= 15 is 0 Å². The van der Waals surface area contributed by atoms with Crippen molar-refractivity contribution < 1.29 is 9.46 Å². The maximum absolute atomic E-state index is 9.91. The van der Waals surface area contributed by atoms with Gasteiger partial charge in [0, 0.05) is 0 Å². The van der Waals surface area contributed by atoms with E-state index in [0.29, 0.717) is 0 Å². The normalized spacial score (nSPS) is 12.4. The Labute approximate surface area is 56.5 Å².